The smallest absolute Gasteiger partial charge is 0.335 e. The van der Waals surface area contributed by atoms with E-state index in [9.17, 15) is 14.7 Å². The van der Waals surface area contributed by atoms with Gasteiger partial charge in [-0.3, -0.25) is 9.48 Å². The van der Waals surface area contributed by atoms with Gasteiger partial charge in [0, 0.05) is 65.8 Å². The maximum absolute atomic E-state index is 14.2. The number of hydrogen-bond acceptors (Lipinski definition) is 6. The van der Waals surface area contributed by atoms with Crippen LogP contribution in [0.25, 0.3) is 22.0 Å². The number of anilines is 2. The number of nitrogens with one attached hydrogen (secondary N) is 2. The summed E-state index contributed by atoms with van der Waals surface area (Å²) >= 11 is 13.2. The predicted octanol–water partition coefficient (Wildman–Crippen LogP) is 8.07. The maximum Gasteiger partial charge on any atom is 0.335 e. The summed E-state index contributed by atoms with van der Waals surface area (Å²) in [6.45, 7) is 9.68. The van der Waals surface area contributed by atoms with Crippen LogP contribution in [-0.2, 0) is 13.5 Å². The number of amides is 1. The number of carbonyl (C=O) groups excluding carboxylic acids is 1. The van der Waals surface area contributed by atoms with Crippen LogP contribution in [0.2, 0.25) is 10.0 Å². The van der Waals surface area contributed by atoms with Gasteiger partial charge in [0.15, 0.2) is 0 Å². The lowest BCUT2D eigenvalue weighted by molar-refractivity contribution is 0.0696. The van der Waals surface area contributed by atoms with E-state index in [4.69, 9.17) is 27.9 Å². The van der Waals surface area contributed by atoms with E-state index < -0.39 is 11.9 Å². The molecule has 0 saturated carbocycles. The van der Waals surface area contributed by atoms with Crippen LogP contribution in [-0.4, -0.2) is 77.5 Å². The molecule has 0 atom stereocenters. The molecule has 10 nitrogen and oxygen atoms in total. The molecule has 0 aliphatic rings. The number of benzene rings is 3. The van der Waals surface area contributed by atoms with Crippen molar-refractivity contribution in [2.45, 2.75) is 40.5 Å². The van der Waals surface area contributed by atoms with E-state index in [1.165, 1.54) is 6.07 Å². The van der Waals surface area contributed by atoms with Crippen LogP contribution in [0.15, 0.2) is 42.5 Å². The van der Waals surface area contributed by atoms with Gasteiger partial charge < -0.3 is 29.9 Å². The predicted molar refractivity (Wildman–Crippen MR) is 203 cm³/mol. The van der Waals surface area contributed by atoms with Gasteiger partial charge in [0.2, 0.25) is 0 Å². The molecule has 1 amide bonds. The Labute approximate surface area is 302 Å². The van der Waals surface area contributed by atoms with E-state index >= 15 is 0 Å². The van der Waals surface area contributed by atoms with E-state index in [1.54, 1.807) is 12.1 Å². The summed E-state index contributed by atoms with van der Waals surface area (Å²) in [7, 11) is 7.74. The number of rotatable bonds is 13. The van der Waals surface area contributed by atoms with Crippen molar-refractivity contribution in [2.24, 2.45) is 7.05 Å². The summed E-state index contributed by atoms with van der Waals surface area (Å²) in [4.78, 5) is 33.8. The minimum absolute atomic E-state index is 0.0767. The number of carboxylic acids is 1. The van der Waals surface area contributed by atoms with Crippen LogP contribution >= 0.6 is 23.2 Å². The standard InChI is InChI=1S/C38H44Cl2N6O4/c1-21-16-28(17-22(2)34(21)40)50-15-9-10-29-30-11-12-31(39)33(32-23(3)43-46(8)24(32)4)35(30)42-36(29)37(47)41-26-18-25(38(48)49)19-27(20-26)45(7)14-13-44(5)6/h11-12,16-20,42H,9-10,13-15H2,1-8H3,(H,41,47)(H,48,49). The summed E-state index contributed by atoms with van der Waals surface area (Å²) in [5.41, 5.74) is 8.36. The van der Waals surface area contributed by atoms with Crippen LogP contribution in [0.4, 0.5) is 11.4 Å². The molecular formula is C38H44Cl2N6O4. The van der Waals surface area contributed by atoms with Gasteiger partial charge in [0.1, 0.15) is 11.4 Å². The second kappa shape index (κ2) is 15.2. The summed E-state index contributed by atoms with van der Waals surface area (Å²) in [5, 5.41) is 19.6. The molecule has 0 fully saturated rings. The number of ether oxygens (including phenoxy) is 1. The zero-order valence-corrected chi connectivity index (χ0v) is 31.3. The highest BCUT2D eigenvalue weighted by atomic mass is 35.5. The van der Waals surface area contributed by atoms with E-state index in [1.807, 2.05) is 89.7 Å². The highest BCUT2D eigenvalue weighted by molar-refractivity contribution is 6.35. The second-order valence-electron chi connectivity index (χ2n) is 13.1. The summed E-state index contributed by atoms with van der Waals surface area (Å²) < 4.78 is 7.93. The monoisotopic (exact) mass is 718 g/mol. The third-order valence-electron chi connectivity index (χ3n) is 9.01. The molecule has 3 N–H and O–H groups in total. The third kappa shape index (κ3) is 7.78. The number of aryl methyl sites for hydroxylation is 5. The molecule has 0 spiro atoms. The molecule has 2 aromatic heterocycles. The van der Waals surface area contributed by atoms with Gasteiger partial charge in [-0.1, -0.05) is 29.3 Å². The van der Waals surface area contributed by atoms with E-state index in [0.29, 0.717) is 48.1 Å². The lowest BCUT2D eigenvalue weighted by Gasteiger charge is -2.22. The van der Waals surface area contributed by atoms with Gasteiger partial charge in [0.25, 0.3) is 5.91 Å². The van der Waals surface area contributed by atoms with Gasteiger partial charge >= 0.3 is 5.97 Å². The average molecular weight is 720 g/mol. The van der Waals surface area contributed by atoms with E-state index in [0.717, 1.165) is 67.4 Å². The van der Waals surface area contributed by atoms with Crippen LogP contribution in [0.5, 0.6) is 5.75 Å². The molecule has 5 rings (SSSR count). The third-order valence-corrected chi connectivity index (χ3v) is 9.92. The normalized spacial score (nSPS) is 11.4. The summed E-state index contributed by atoms with van der Waals surface area (Å²) in [6, 6.07) is 12.5. The Bertz CT molecular complexity index is 2060. The Balaban J connectivity index is 1.53. The molecule has 0 unspecified atom stereocenters. The Morgan fingerprint density at radius 3 is 2.30 bits per heavy atom. The van der Waals surface area contributed by atoms with Crippen LogP contribution in [0, 0.1) is 27.7 Å². The first-order valence-electron chi connectivity index (χ1n) is 16.4. The van der Waals surface area contributed by atoms with Crippen molar-refractivity contribution in [3.63, 3.8) is 0 Å². The van der Waals surface area contributed by atoms with Crippen molar-refractivity contribution >= 4 is 57.4 Å². The highest BCUT2D eigenvalue weighted by Crippen LogP contribution is 2.40. The summed E-state index contributed by atoms with van der Waals surface area (Å²) in [6.07, 6.45) is 1.14. The number of halogens is 2. The number of carbonyl (C=O) groups is 2. The Hall–Kier alpha value is -4.51. The number of aromatic amines is 1. The number of carboxylic acid groups (broad SMARTS) is 1. The highest BCUT2D eigenvalue weighted by Gasteiger charge is 2.25. The summed E-state index contributed by atoms with van der Waals surface area (Å²) in [5.74, 6) is -0.739. The van der Waals surface area contributed by atoms with Crippen molar-refractivity contribution in [2.75, 3.05) is 51.1 Å². The minimum Gasteiger partial charge on any atom is -0.494 e. The first-order valence-corrected chi connectivity index (χ1v) is 17.2. The van der Waals surface area contributed by atoms with Gasteiger partial charge in [-0.2, -0.15) is 5.10 Å². The van der Waals surface area contributed by atoms with Gasteiger partial charge in [-0.25, -0.2) is 4.79 Å². The first-order chi connectivity index (χ1) is 23.7. The Morgan fingerprint density at radius 2 is 1.68 bits per heavy atom. The lowest BCUT2D eigenvalue weighted by atomic mass is 9.98. The number of hydrogen-bond donors (Lipinski definition) is 3. The number of fused-ring (bicyclic) bond motifs is 1. The molecule has 0 saturated heterocycles. The van der Waals surface area contributed by atoms with Crippen molar-refractivity contribution in [1.82, 2.24) is 19.7 Å². The number of likely N-dealkylation sites (N-methyl/N-ethyl adjacent to an activating group) is 2. The molecule has 0 bridgehead atoms. The quantitative estimate of drug-likeness (QED) is 0.106. The number of aromatic carboxylic acids is 1. The first kappa shape index (κ1) is 36.8. The molecule has 0 aliphatic carbocycles. The molecule has 0 aliphatic heterocycles. The van der Waals surface area contributed by atoms with Gasteiger partial charge in [-0.05, 0) is 108 Å². The molecule has 2 heterocycles. The maximum atomic E-state index is 14.2. The fourth-order valence-corrected chi connectivity index (χ4v) is 6.62. The molecule has 0 radical (unpaired) electrons. The fraction of sp³-hybridized carbons (Fsp3) is 0.342. The van der Waals surface area contributed by atoms with Crippen LogP contribution in [0.1, 0.15) is 55.3 Å². The van der Waals surface area contributed by atoms with Gasteiger partial charge in [0.05, 0.1) is 28.4 Å². The zero-order valence-electron chi connectivity index (χ0n) is 29.8. The largest absolute Gasteiger partial charge is 0.494 e. The lowest BCUT2D eigenvalue weighted by Crippen LogP contribution is -2.28. The molecule has 5 aromatic rings. The van der Waals surface area contributed by atoms with Crippen molar-refractivity contribution in [3.8, 4) is 16.9 Å². The number of H-pyrrole nitrogens is 1. The second-order valence-corrected chi connectivity index (χ2v) is 13.9. The minimum atomic E-state index is -1.08. The average Bonchev–Trinajstić information content (AvgIpc) is 3.55. The van der Waals surface area contributed by atoms with E-state index in [-0.39, 0.29) is 5.56 Å². The number of aromatic nitrogens is 3. The molecule has 12 heteroatoms. The number of nitrogens with zero attached hydrogens (tertiary/aromatic N) is 4. The topological polar surface area (TPSA) is 116 Å². The van der Waals surface area contributed by atoms with Crippen LogP contribution in [0.3, 0.4) is 0 Å². The fourth-order valence-electron chi connectivity index (χ4n) is 6.26. The zero-order chi connectivity index (χ0) is 36.4. The van der Waals surface area contributed by atoms with Crippen molar-refractivity contribution < 1.29 is 19.4 Å². The molecule has 50 heavy (non-hydrogen) atoms. The molecular weight excluding hydrogens is 675 g/mol. The van der Waals surface area contributed by atoms with Crippen LogP contribution < -0.4 is 15.0 Å². The Morgan fingerprint density at radius 1 is 0.980 bits per heavy atom. The van der Waals surface area contributed by atoms with Gasteiger partial charge in [-0.15, -0.1) is 0 Å². The van der Waals surface area contributed by atoms with E-state index in [2.05, 4.69) is 20.3 Å². The SMILES string of the molecule is Cc1cc(OCCCc2c(C(=O)Nc3cc(C(=O)O)cc(N(C)CCN(C)C)c3)[nH]c3c(-c4c(C)nn(C)c4C)c(Cl)ccc23)cc(C)c1Cl. The molecule has 3 aromatic carbocycles. The Kier molecular flexibility index (Phi) is 11.2. The molecule has 264 valence electrons. The van der Waals surface area contributed by atoms with Crippen molar-refractivity contribution in [1.29, 1.82) is 0 Å². The van der Waals surface area contributed by atoms with Crippen molar-refractivity contribution in [3.05, 3.63) is 91.8 Å².